The summed E-state index contributed by atoms with van der Waals surface area (Å²) in [4.78, 5) is 15.2. The molecule has 0 unspecified atom stereocenters. The normalized spacial score (nSPS) is 13.7. The van der Waals surface area contributed by atoms with Gasteiger partial charge in [-0.15, -0.1) is 0 Å². The first-order valence-corrected chi connectivity index (χ1v) is 8.53. The minimum Gasteiger partial charge on any atom is -0.391 e. The Labute approximate surface area is 147 Å². The van der Waals surface area contributed by atoms with Gasteiger partial charge in [0, 0.05) is 6.20 Å². The van der Waals surface area contributed by atoms with Gasteiger partial charge in [0.05, 0.1) is 18.5 Å². The number of nitrogens with two attached hydrogens (primary N) is 1. The molecule has 0 spiro atoms. The van der Waals surface area contributed by atoms with Crippen molar-refractivity contribution in [2.75, 3.05) is 0 Å². The summed E-state index contributed by atoms with van der Waals surface area (Å²) in [6.07, 6.45) is 5.29. The predicted octanol–water partition coefficient (Wildman–Crippen LogP) is 3.08. The number of aryl methyl sites for hydroxylation is 1. The minimum atomic E-state index is -0.556. The Morgan fingerprint density at radius 3 is 2.68 bits per heavy atom. The number of aromatic nitrogens is 2. The van der Waals surface area contributed by atoms with E-state index in [1.54, 1.807) is 24.0 Å². The maximum atomic E-state index is 11.2. The first kappa shape index (κ1) is 17.2. The van der Waals surface area contributed by atoms with Crippen LogP contribution in [0.5, 0.6) is 0 Å². The molecule has 3 N–H and O–H groups in total. The van der Waals surface area contributed by atoms with Crippen LogP contribution in [-0.2, 0) is 6.42 Å². The molecule has 1 amide bonds. The Balaban J connectivity index is 1.65. The fourth-order valence-corrected chi connectivity index (χ4v) is 3.19. The van der Waals surface area contributed by atoms with E-state index >= 15 is 0 Å². The van der Waals surface area contributed by atoms with E-state index in [2.05, 4.69) is 35.3 Å². The van der Waals surface area contributed by atoms with Gasteiger partial charge in [0.2, 0.25) is 0 Å². The van der Waals surface area contributed by atoms with Crippen LogP contribution in [0.3, 0.4) is 0 Å². The van der Waals surface area contributed by atoms with E-state index in [4.69, 9.17) is 5.73 Å². The molecule has 5 nitrogen and oxygen atoms in total. The Hall–Kier alpha value is -2.66. The molecule has 0 aliphatic heterocycles. The topological polar surface area (TPSA) is 81.1 Å². The summed E-state index contributed by atoms with van der Waals surface area (Å²) >= 11 is 0. The Morgan fingerprint density at radius 1 is 1.24 bits per heavy atom. The van der Waals surface area contributed by atoms with Crippen LogP contribution in [0.15, 0.2) is 55.0 Å². The number of carbonyl (C=O) groups excluding carboxylic acids is 1. The lowest BCUT2D eigenvalue weighted by molar-refractivity contribution is 0.0994. The third-order valence-corrected chi connectivity index (χ3v) is 4.57. The summed E-state index contributed by atoms with van der Waals surface area (Å²) in [7, 11) is 0. The Morgan fingerprint density at radius 2 is 2.00 bits per heavy atom. The number of hydrogen-bond donors (Lipinski definition) is 2. The highest BCUT2D eigenvalue weighted by Crippen LogP contribution is 2.22. The monoisotopic (exact) mass is 337 g/mol. The van der Waals surface area contributed by atoms with Gasteiger partial charge in [-0.3, -0.25) is 4.79 Å². The zero-order valence-electron chi connectivity index (χ0n) is 14.3. The number of amides is 1. The molecule has 0 fully saturated rings. The van der Waals surface area contributed by atoms with Gasteiger partial charge in [0.15, 0.2) is 0 Å². The summed E-state index contributed by atoms with van der Waals surface area (Å²) in [5, 5.41) is 12.6. The number of aliphatic hydroxyl groups excluding tert-OH is 1. The standard InChI is InChI=1S/C20H23N3O2/c1-14(24)19(23-12-18(20(21)25)22-13-23)8-4-5-15-9-10-16-6-2-3-7-17(16)11-15/h2-3,6-7,9-14,19,24H,4-5,8H2,1H3,(H2,21,25)/t14-,19+/m0/s1. The number of benzene rings is 2. The van der Waals surface area contributed by atoms with Crippen LogP contribution < -0.4 is 5.73 Å². The molecule has 130 valence electrons. The number of rotatable bonds is 7. The fraction of sp³-hybridized carbons (Fsp3) is 0.300. The van der Waals surface area contributed by atoms with Gasteiger partial charge in [-0.25, -0.2) is 4.98 Å². The second kappa shape index (κ2) is 7.49. The van der Waals surface area contributed by atoms with Gasteiger partial charge >= 0.3 is 0 Å². The summed E-state index contributed by atoms with van der Waals surface area (Å²) in [5.74, 6) is -0.556. The highest BCUT2D eigenvalue weighted by molar-refractivity contribution is 5.90. The number of nitrogens with zero attached hydrogens (tertiary/aromatic N) is 2. The maximum absolute atomic E-state index is 11.2. The molecule has 0 bridgehead atoms. The first-order chi connectivity index (χ1) is 12.0. The van der Waals surface area contributed by atoms with Crippen molar-refractivity contribution in [3.8, 4) is 0 Å². The molecule has 25 heavy (non-hydrogen) atoms. The molecule has 5 heteroatoms. The molecule has 1 aromatic heterocycles. The van der Waals surface area contributed by atoms with Crippen molar-refractivity contribution in [2.24, 2.45) is 5.73 Å². The summed E-state index contributed by atoms with van der Waals surface area (Å²) in [6.45, 7) is 1.75. The largest absolute Gasteiger partial charge is 0.391 e. The SMILES string of the molecule is C[C@H](O)[C@@H](CCCc1ccc2ccccc2c1)n1cnc(C(N)=O)c1. The lowest BCUT2D eigenvalue weighted by Crippen LogP contribution is -2.21. The molecule has 0 aliphatic carbocycles. The van der Waals surface area contributed by atoms with Gasteiger partial charge in [-0.2, -0.15) is 0 Å². The molecular weight excluding hydrogens is 314 g/mol. The van der Waals surface area contributed by atoms with E-state index in [0.717, 1.165) is 19.3 Å². The molecule has 0 saturated carbocycles. The van der Waals surface area contributed by atoms with Crippen LogP contribution in [-0.4, -0.2) is 26.7 Å². The first-order valence-electron chi connectivity index (χ1n) is 8.53. The van der Waals surface area contributed by atoms with E-state index in [9.17, 15) is 9.90 Å². The van der Waals surface area contributed by atoms with Crippen LogP contribution in [0.2, 0.25) is 0 Å². The van der Waals surface area contributed by atoms with Crippen molar-refractivity contribution >= 4 is 16.7 Å². The quantitative estimate of drug-likeness (QED) is 0.695. The third kappa shape index (κ3) is 4.06. The van der Waals surface area contributed by atoms with E-state index in [1.807, 2.05) is 12.1 Å². The van der Waals surface area contributed by atoms with Crippen LogP contribution >= 0.6 is 0 Å². The van der Waals surface area contributed by atoms with Crippen molar-refractivity contribution in [3.63, 3.8) is 0 Å². The second-order valence-corrected chi connectivity index (χ2v) is 6.45. The molecule has 3 rings (SSSR count). The highest BCUT2D eigenvalue weighted by atomic mass is 16.3. The van der Waals surface area contributed by atoms with Crippen molar-refractivity contribution in [1.82, 2.24) is 9.55 Å². The van der Waals surface area contributed by atoms with Gasteiger partial charge in [-0.1, -0.05) is 42.5 Å². The van der Waals surface area contributed by atoms with E-state index < -0.39 is 12.0 Å². The second-order valence-electron chi connectivity index (χ2n) is 6.45. The predicted molar refractivity (Wildman–Crippen MR) is 98.3 cm³/mol. The summed E-state index contributed by atoms with van der Waals surface area (Å²) in [5.41, 5.74) is 6.75. The smallest absolute Gasteiger partial charge is 0.268 e. The fourth-order valence-electron chi connectivity index (χ4n) is 3.19. The number of carbonyl (C=O) groups is 1. The molecule has 0 aliphatic rings. The Bertz CT molecular complexity index is 870. The Kier molecular flexibility index (Phi) is 5.14. The van der Waals surface area contributed by atoms with Crippen molar-refractivity contribution in [1.29, 1.82) is 0 Å². The maximum Gasteiger partial charge on any atom is 0.268 e. The zero-order valence-corrected chi connectivity index (χ0v) is 14.3. The van der Waals surface area contributed by atoms with Crippen molar-refractivity contribution < 1.29 is 9.90 Å². The summed E-state index contributed by atoms with van der Waals surface area (Å²) < 4.78 is 1.78. The average molecular weight is 337 g/mol. The van der Waals surface area contributed by atoms with Crippen molar-refractivity contribution in [3.05, 3.63) is 66.2 Å². The minimum absolute atomic E-state index is 0.124. The van der Waals surface area contributed by atoms with E-state index in [-0.39, 0.29) is 11.7 Å². The number of aliphatic hydroxyl groups is 1. The highest BCUT2D eigenvalue weighted by Gasteiger charge is 2.18. The van der Waals surface area contributed by atoms with Crippen molar-refractivity contribution in [2.45, 2.75) is 38.3 Å². The zero-order chi connectivity index (χ0) is 17.8. The van der Waals surface area contributed by atoms with Crippen LogP contribution in [0.4, 0.5) is 0 Å². The molecular formula is C20H23N3O2. The van der Waals surface area contributed by atoms with Crippen LogP contribution in [0, 0.1) is 0 Å². The number of imidazole rings is 1. The van der Waals surface area contributed by atoms with Gasteiger partial charge in [0.1, 0.15) is 5.69 Å². The molecule has 3 aromatic rings. The summed E-state index contributed by atoms with van der Waals surface area (Å²) in [6, 6.07) is 14.7. The number of primary amides is 1. The van der Waals surface area contributed by atoms with E-state index in [0.29, 0.717) is 0 Å². The molecule has 1 heterocycles. The molecule has 2 aromatic carbocycles. The molecule has 0 saturated heterocycles. The van der Waals surface area contributed by atoms with Gasteiger partial charge in [-0.05, 0) is 42.5 Å². The van der Waals surface area contributed by atoms with Gasteiger partial charge in [0.25, 0.3) is 5.91 Å². The van der Waals surface area contributed by atoms with E-state index in [1.165, 1.54) is 16.3 Å². The molecule has 0 radical (unpaired) electrons. The number of hydrogen-bond acceptors (Lipinski definition) is 3. The third-order valence-electron chi connectivity index (χ3n) is 4.57. The average Bonchev–Trinajstić information content (AvgIpc) is 3.08. The molecule has 2 atom stereocenters. The lowest BCUT2D eigenvalue weighted by atomic mass is 9.99. The van der Waals surface area contributed by atoms with Crippen LogP contribution in [0.25, 0.3) is 10.8 Å². The van der Waals surface area contributed by atoms with Crippen LogP contribution in [0.1, 0.15) is 41.9 Å². The number of fused-ring (bicyclic) bond motifs is 1. The van der Waals surface area contributed by atoms with Gasteiger partial charge < -0.3 is 15.4 Å². The lowest BCUT2D eigenvalue weighted by Gasteiger charge is -2.21.